The number of halogens is 1. The monoisotopic (exact) mass is 618 g/mol. The highest BCUT2D eigenvalue weighted by atomic mass is 19.1. The number of phenolic OH excluding ortho intramolecular Hbond substituents is 1. The van der Waals surface area contributed by atoms with E-state index >= 15 is 4.39 Å². The zero-order valence-corrected chi connectivity index (χ0v) is 25.7. The highest BCUT2D eigenvalue weighted by molar-refractivity contribution is 6.05. The molecule has 0 spiro atoms. The van der Waals surface area contributed by atoms with Gasteiger partial charge in [-0.25, -0.2) is 4.39 Å². The molecule has 8 rings (SSSR count). The van der Waals surface area contributed by atoms with Crippen LogP contribution in [0.2, 0.25) is 0 Å². The van der Waals surface area contributed by atoms with Crippen molar-refractivity contribution in [3.63, 3.8) is 0 Å². The lowest BCUT2D eigenvalue weighted by molar-refractivity contribution is 0.0997. The summed E-state index contributed by atoms with van der Waals surface area (Å²) in [4.78, 5) is 14.2. The molecule has 0 saturated carbocycles. The van der Waals surface area contributed by atoms with Gasteiger partial charge in [0, 0.05) is 60.7 Å². The minimum Gasteiger partial charge on any atom is -0.508 e. The first-order valence-corrected chi connectivity index (χ1v) is 16.0. The van der Waals surface area contributed by atoms with Gasteiger partial charge >= 0.3 is 6.01 Å². The van der Waals surface area contributed by atoms with Gasteiger partial charge in [0.15, 0.2) is 5.82 Å². The molecule has 0 radical (unpaired) electrons. The van der Waals surface area contributed by atoms with Crippen molar-refractivity contribution in [3.05, 3.63) is 53.3 Å². The van der Waals surface area contributed by atoms with E-state index in [1.54, 1.807) is 37.4 Å². The Balaban J connectivity index is 1.30. The first kappa shape index (κ1) is 29.0. The number of terminal acetylenes is 1. The van der Waals surface area contributed by atoms with Crippen molar-refractivity contribution in [2.24, 2.45) is 0 Å². The molecule has 1 aromatic heterocycles. The molecule has 4 aromatic rings. The lowest BCUT2D eigenvalue weighted by Gasteiger charge is -2.34. The Kier molecular flexibility index (Phi) is 6.99. The van der Waals surface area contributed by atoms with Gasteiger partial charge in [-0.1, -0.05) is 18.1 Å². The van der Waals surface area contributed by atoms with Gasteiger partial charge in [0.05, 0.1) is 23.3 Å². The maximum atomic E-state index is 17.2. The summed E-state index contributed by atoms with van der Waals surface area (Å²) in [6, 6.07) is 13.0. The van der Waals surface area contributed by atoms with Gasteiger partial charge in [-0.05, 0) is 73.9 Å². The second-order valence-electron chi connectivity index (χ2n) is 13.2. The largest absolute Gasteiger partial charge is 0.508 e. The number of nitrogens with one attached hydrogen (secondary N) is 1. The second-order valence-corrected chi connectivity index (χ2v) is 13.2. The number of nitriles is 1. The van der Waals surface area contributed by atoms with Crippen LogP contribution in [-0.4, -0.2) is 83.6 Å². The summed E-state index contributed by atoms with van der Waals surface area (Å²) in [5.74, 6) is 2.50. The Labute approximate surface area is 266 Å². The number of benzene rings is 3. The summed E-state index contributed by atoms with van der Waals surface area (Å²) in [7, 11) is 1.75. The Morgan fingerprint density at radius 2 is 1.98 bits per heavy atom. The van der Waals surface area contributed by atoms with Crippen molar-refractivity contribution in [1.29, 1.82) is 5.26 Å². The third kappa shape index (κ3) is 4.63. The van der Waals surface area contributed by atoms with Crippen LogP contribution < -0.4 is 15.0 Å². The predicted molar refractivity (Wildman–Crippen MR) is 173 cm³/mol. The van der Waals surface area contributed by atoms with Gasteiger partial charge in [-0.2, -0.15) is 15.2 Å². The third-order valence-electron chi connectivity index (χ3n) is 10.5. The fourth-order valence-electron chi connectivity index (χ4n) is 8.37. The topological polar surface area (TPSA) is 107 Å². The average molecular weight is 619 g/mol. The van der Waals surface area contributed by atoms with Crippen molar-refractivity contribution in [1.82, 2.24) is 20.2 Å². The van der Waals surface area contributed by atoms with Gasteiger partial charge < -0.3 is 24.8 Å². The van der Waals surface area contributed by atoms with Crippen LogP contribution in [0, 0.1) is 29.5 Å². The van der Waals surface area contributed by atoms with Crippen molar-refractivity contribution >= 4 is 27.5 Å². The van der Waals surface area contributed by atoms with Crippen molar-refractivity contribution in [2.45, 2.75) is 55.8 Å². The number of hydrogen-bond acceptors (Lipinski definition) is 9. The van der Waals surface area contributed by atoms with Crippen molar-refractivity contribution in [2.75, 3.05) is 44.8 Å². The van der Waals surface area contributed by atoms with Gasteiger partial charge in [-0.3, -0.25) is 4.90 Å². The van der Waals surface area contributed by atoms with Gasteiger partial charge in [0.1, 0.15) is 23.7 Å². The van der Waals surface area contributed by atoms with Crippen LogP contribution in [0.3, 0.4) is 0 Å². The summed E-state index contributed by atoms with van der Waals surface area (Å²) in [6.07, 6.45) is 11.1. The van der Waals surface area contributed by atoms with Crippen LogP contribution in [0.1, 0.15) is 43.2 Å². The maximum Gasteiger partial charge on any atom is 0.319 e. The first-order chi connectivity index (χ1) is 22.4. The minimum atomic E-state index is -0.680. The molecular formula is C36H35FN6O3. The van der Waals surface area contributed by atoms with E-state index in [0.717, 1.165) is 45.2 Å². The molecule has 4 aliphatic rings. The smallest absolute Gasteiger partial charge is 0.319 e. The highest BCUT2D eigenvalue weighted by Crippen LogP contribution is 2.43. The number of piperazine rings is 1. The van der Waals surface area contributed by atoms with Crippen LogP contribution in [0.4, 0.5) is 10.2 Å². The van der Waals surface area contributed by atoms with Gasteiger partial charge in [0.2, 0.25) is 0 Å². The number of aromatic hydroxyl groups is 1. The number of anilines is 1. The summed E-state index contributed by atoms with van der Waals surface area (Å²) in [5.41, 5.74) is 0.904. The molecule has 2 bridgehead atoms. The molecule has 0 amide bonds. The summed E-state index contributed by atoms with van der Waals surface area (Å²) >= 11 is 0. The molecule has 4 saturated heterocycles. The Morgan fingerprint density at radius 1 is 1.15 bits per heavy atom. The number of ether oxygens (including phenoxy) is 2. The maximum absolute atomic E-state index is 17.2. The van der Waals surface area contributed by atoms with Gasteiger partial charge in [-0.15, -0.1) is 6.42 Å². The summed E-state index contributed by atoms with van der Waals surface area (Å²) in [6.45, 7) is 3.65. The first-order valence-electron chi connectivity index (χ1n) is 16.0. The standard InChI is InChI=1S/C36H35FN6O3/c1-3-21-6-4-7-22-12-26(44)14-28(30(21)22)31-23(16-38)13-29-33(32(31)37)40-35(41-34(29)42-17-24-8-9-25(18-42)39-24)46-20-36-10-5-11-43(36)19-27(15-36)45-2/h1,4,6-7,12-14,24-25,27,39,44H,5,8-11,15,17-20H2,2H3/t24?,25?,27-,36+/m1/s1. The highest BCUT2D eigenvalue weighted by Gasteiger charge is 2.49. The molecule has 3 aromatic carbocycles. The number of nitrogens with zero attached hydrogens (tertiary/aromatic N) is 5. The molecule has 2 unspecified atom stereocenters. The fraction of sp³-hybridized carbons (Fsp3) is 0.417. The molecule has 4 atom stereocenters. The number of phenols is 1. The fourth-order valence-corrected chi connectivity index (χ4v) is 8.37. The molecular weight excluding hydrogens is 583 g/mol. The average Bonchev–Trinajstić information content (AvgIpc) is 3.73. The second kappa shape index (κ2) is 11.1. The van der Waals surface area contributed by atoms with E-state index in [9.17, 15) is 10.4 Å². The molecule has 4 fully saturated rings. The quantitative estimate of drug-likeness (QED) is 0.297. The summed E-state index contributed by atoms with van der Waals surface area (Å²) in [5, 5.41) is 26.4. The van der Waals surface area contributed by atoms with Crippen molar-refractivity contribution in [3.8, 4) is 41.3 Å². The van der Waals surface area contributed by atoms with Crippen LogP contribution in [0.5, 0.6) is 11.8 Å². The van der Waals surface area contributed by atoms with Crippen LogP contribution >= 0.6 is 0 Å². The molecule has 46 heavy (non-hydrogen) atoms. The molecule has 5 heterocycles. The molecule has 0 aliphatic carbocycles. The minimum absolute atomic E-state index is 0.0360. The number of hydrogen-bond donors (Lipinski definition) is 2. The van der Waals surface area contributed by atoms with E-state index in [0.29, 0.717) is 64.9 Å². The van der Waals surface area contributed by atoms with Crippen LogP contribution in [0.15, 0.2) is 36.4 Å². The number of methoxy groups -OCH3 is 1. The third-order valence-corrected chi connectivity index (χ3v) is 10.5. The lowest BCUT2D eigenvalue weighted by atomic mass is 9.90. The van der Waals surface area contributed by atoms with Gasteiger partial charge in [0.25, 0.3) is 0 Å². The van der Waals surface area contributed by atoms with E-state index < -0.39 is 5.82 Å². The van der Waals surface area contributed by atoms with Crippen LogP contribution in [-0.2, 0) is 4.74 Å². The number of rotatable bonds is 6. The predicted octanol–water partition coefficient (Wildman–Crippen LogP) is 4.72. The van der Waals surface area contributed by atoms with E-state index in [2.05, 4.69) is 32.1 Å². The van der Waals surface area contributed by atoms with Crippen LogP contribution in [0.25, 0.3) is 32.8 Å². The Morgan fingerprint density at radius 3 is 2.74 bits per heavy atom. The summed E-state index contributed by atoms with van der Waals surface area (Å²) < 4.78 is 29.3. The zero-order chi connectivity index (χ0) is 31.6. The zero-order valence-electron chi connectivity index (χ0n) is 25.7. The molecule has 10 heteroatoms. The molecule has 2 N–H and O–H groups in total. The van der Waals surface area contributed by atoms with E-state index in [-0.39, 0.29) is 40.0 Å². The Hall–Kier alpha value is -4.48. The van der Waals surface area contributed by atoms with E-state index in [1.165, 1.54) is 6.07 Å². The molecule has 9 nitrogen and oxygen atoms in total. The lowest BCUT2D eigenvalue weighted by Crippen LogP contribution is -2.51. The van der Waals surface area contributed by atoms with E-state index in [4.69, 9.17) is 20.9 Å². The van der Waals surface area contributed by atoms with Crippen molar-refractivity contribution < 1.29 is 19.0 Å². The SMILES string of the molecule is C#Cc1cccc2cc(O)cc(-c3c(C#N)cc4c(N5CC6CCC(C5)N6)nc(OC[C@@]56CCCN5C[C@H](OC)C6)nc4c3F)c12. The molecule has 234 valence electrons. The normalized spacial score (nSPS) is 25.6. The van der Waals surface area contributed by atoms with E-state index in [1.807, 2.05) is 0 Å². The number of fused-ring (bicyclic) bond motifs is 5. The number of aromatic nitrogens is 2. The molecule has 4 aliphatic heterocycles. The Bertz CT molecular complexity index is 1960.